The van der Waals surface area contributed by atoms with Gasteiger partial charge in [0.1, 0.15) is 0 Å². The van der Waals surface area contributed by atoms with Crippen LogP contribution in [-0.2, 0) is 6.54 Å². The first-order valence-electron chi connectivity index (χ1n) is 9.16. The number of aryl methyl sites for hydroxylation is 2. The molecule has 0 saturated heterocycles. The summed E-state index contributed by atoms with van der Waals surface area (Å²) < 4.78 is 0. The van der Waals surface area contributed by atoms with E-state index >= 15 is 0 Å². The fourth-order valence-electron chi connectivity index (χ4n) is 2.77. The SMILES string of the molecule is Cc1csc(NC(=O)c2ccc(NCc3ccccc3C)c(NCCN)c2)n1. The van der Waals surface area contributed by atoms with Crippen LogP contribution in [0.25, 0.3) is 0 Å². The van der Waals surface area contributed by atoms with Gasteiger partial charge in [-0.15, -0.1) is 11.3 Å². The molecule has 0 radical (unpaired) electrons. The molecule has 1 amide bonds. The molecule has 3 aromatic rings. The van der Waals surface area contributed by atoms with Crippen molar-refractivity contribution in [2.75, 3.05) is 29.0 Å². The van der Waals surface area contributed by atoms with Gasteiger partial charge in [0.15, 0.2) is 5.13 Å². The Morgan fingerprint density at radius 3 is 2.64 bits per heavy atom. The first-order valence-corrected chi connectivity index (χ1v) is 10.0. The first-order chi connectivity index (χ1) is 13.6. The predicted molar refractivity (Wildman–Crippen MR) is 117 cm³/mol. The van der Waals surface area contributed by atoms with Crippen LogP contribution >= 0.6 is 11.3 Å². The van der Waals surface area contributed by atoms with Gasteiger partial charge in [0.05, 0.1) is 17.1 Å². The van der Waals surface area contributed by atoms with Gasteiger partial charge in [-0.1, -0.05) is 24.3 Å². The molecule has 1 heterocycles. The molecular formula is C21H25N5OS. The van der Waals surface area contributed by atoms with Crippen molar-refractivity contribution in [1.82, 2.24) is 4.98 Å². The average molecular weight is 396 g/mol. The van der Waals surface area contributed by atoms with Crippen molar-refractivity contribution >= 4 is 33.8 Å². The molecule has 0 aliphatic carbocycles. The van der Waals surface area contributed by atoms with E-state index in [4.69, 9.17) is 5.73 Å². The average Bonchev–Trinajstić information content (AvgIpc) is 3.10. The molecule has 1 aromatic heterocycles. The molecule has 0 bridgehead atoms. The highest BCUT2D eigenvalue weighted by Crippen LogP contribution is 2.25. The number of nitrogens with one attached hydrogen (secondary N) is 3. The van der Waals surface area contributed by atoms with Crippen molar-refractivity contribution in [3.05, 3.63) is 70.2 Å². The number of hydrogen-bond acceptors (Lipinski definition) is 6. The molecule has 146 valence electrons. The molecular weight excluding hydrogens is 370 g/mol. The van der Waals surface area contributed by atoms with Crippen molar-refractivity contribution < 1.29 is 4.79 Å². The minimum Gasteiger partial charge on any atom is -0.382 e. The number of aromatic nitrogens is 1. The van der Waals surface area contributed by atoms with E-state index in [0.29, 0.717) is 30.3 Å². The topological polar surface area (TPSA) is 92.1 Å². The van der Waals surface area contributed by atoms with Crippen LogP contribution in [0.1, 0.15) is 27.2 Å². The second-order valence-electron chi connectivity index (χ2n) is 6.50. The number of rotatable bonds is 8. The maximum absolute atomic E-state index is 12.6. The summed E-state index contributed by atoms with van der Waals surface area (Å²) in [5, 5.41) is 12.1. The van der Waals surface area contributed by atoms with Crippen LogP contribution in [0.4, 0.5) is 16.5 Å². The van der Waals surface area contributed by atoms with Crippen LogP contribution in [0.15, 0.2) is 47.8 Å². The Balaban J connectivity index is 1.76. The Morgan fingerprint density at radius 2 is 1.93 bits per heavy atom. The molecule has 0 unspecified atom stereocenters. The van der Waals surface area contributed by atoms with Crippen molar-refractivity contribution in [2.24, 2.45) is 5.73 Å². The van der Waals surface area contributed by atoms with E-state index in [2.05, 4.69) is 40.0 Å². The zero-order valence-electron chi connectivity index (χ0n) is 16.1. The Bertz CT molecular complexity index is 953. The van der Waals surface area contributed by atoms with Crippen molar-refractivity contribution in [1.29, 1.82) is 0 Å². The zero-order valence-corrected chi connectivity index (χ0v) is 16.9. The molecule has 0 saturated carbocycles. The zero-order chi connectivity index (χ0) is 19.9. The summed E-state index contributed by atoms with van der Waals surface area (Å²) in [5.41, 5.74) is 11.3. The smallest absolute Gasteiger partial charge is 0.257 e. The molecule has 0 spiro atoms. The van der Waals surface area contributed by atoms with Gasteiger partial charge in [0.25, 0.3) is 5.91 Å². The molecule has 28 heavy (non-hydrogen) atoms. The predicted octanol–water partition coefficient (Wildman–Crippen LogP) is 3.99. The summed E-state index contributed by atoms with van der Waals surface area (Å²) >= 11 is 1.41. The lowest BCUT2D eigenvalue weighted by Crippen LogP contribution is -2.16. The summed E-state index contributed by atoms with van der Waals surface area (Å²) in [5.74, 6) is -0.185. The quantitative estimate of drug-likeness (QED) is 0.463. The molecule has 0 atom stereocenters. The lowest BCUT2D eigenvalue weighted by atomic mass is 10.1. The van der Waals surface area contributed by atoms with Gasteiger partial charge in [-0.2, -0.15) is 0 Å². The van der Waals surface area contributed by atoms with E-state index in [-0.39, 0.29) is 5.91 Å². The van der Waals surface area contributed by atoms with E-state index in [1.165, 1.54) is 22.5 Å². The molecule has 0 aliphatic heterocycles. The number of thiazole rings is 1. The number of benzene rings is 2. The van der Waals surface area contributed by atoms with E-state index in [1.54, 1.807) is 0 Å². The Kier molecular flexibility index (Phi) is 6.62. The minimum atomic E-state index is -0.185. The first kappa shape index (κ1) is 19.9. The number of hydrogen-bond donors (Lipinski definition) is 4. The lowest BCUT2D eigenvalue weighted by Gasteiger charge is -2.16. The Labute approximate surface area is 169 Å². The van der Waals surface area contributed by atoms with Gasteiger partial charge >= 0.3 is 0 Å². The second-order valence-corrected chi connectivity index (χ2v) is 7.36. The molecule has 0 aliphatic rings. The van der Waals surface area contributed by atoms with Gasteiger partial charge < -0.3 is 16.4 Å². The van der Waals surface area contributed by atoms with Gasteiger partial charge in [0, 0.05) is 30.6 Å². The summed E-state index contributed by atoms with van der Waals surface area (Å²) in [6, 6.07) is 13.8. The van der Waals surface area contributed by atoms with Crippen molar-refractivity contribution in [3.63, 3.8) is 0 Å². The van der Waals surface area contributed by atoms with Crippen LogP contribution in [0.2, 0.25) is 0 Å². The maximum atomic E-state index is 12.6. The third-order valence-electron chi connectivity index (χ3n) is 4.31. The highest BCUT2D eigenvalue weighted by molar-refractivity contribution is 7.13. The lowest BCUT2D eigenvalue weighted by molar-refractivity contribution is 0.102. The fraction of sp³-hybridized carbons (Fsp3) is 0.238. The number of carbonyl (C=O) groups excluding carboxylic acids is 1. The standard InChI is InChI=1S/C21H25N5OS/c1-14-5-3-4-6-17(14)12-24-18-8-7-16(11-19(18)23-10-9-22)20(27)26-21-25-15(2)13-28-21/h3-8,11,13,23-24H,9-10,12,22H2,1-2H3,(H,25,26,27). The Hall–Kier alpha value is -2.90. The van der Waals surface area contributed by atoms with Gasteiger partial charge in [-0.05, 0) is 43.2 Å². The molecule has 7 heteroatoms. The third-order valence-corrected chi connectivity index (χ3v) is 5.19. The van der Waals surface area contributed by atoms with Crippen LogP contribution in [0, 0.1) is 13.8 Å². The van der Waals surface area contributed by atoms with E-state index < -0.39 is 0 Å². The van der Waals surface area contributed by atoms with Crippen LogP contribution in [0.3, 0.4) is 0 Å². The largest absolute Gasteiger partial charge is 0.382 e. The normalized spacial score (nSPS) is 10.5. The minimum absolute atomic E-state index is 0.185. The fourth-order valence-corrected chi connectivity index (χ4v) is 3.46. The summed E-state index contributed by atoms with van der Waals surface area (Å²) in [6.07, 6.45) is 0. The van der Waals surface area contributed by atoms with E-state index in [9.17, 15) is 4.79 Å². The van der Waals surface area contributed by atoms with Crippen molar-refractivity contribution in [2.45, 2.75) is 20.4 Å². The number of nitrogens with two attached hydrogens (primary N) is 1. The van der Waals surface area contributed by atoms with Gasteiger partial charge in [0.2, 0.25) is 0 Å². The van der Waals surface area contributed by atoms with Gasteiger partial charge in [-0.3, -0.25) is 10.1 Å². The van der Waals surface area contributed by atoms with Gasteiger partial charge in [-0.25, -0.2) is 4.98 Å². The molecule has 2 aromatic carbocycles. The molecule has 5 N–H and O–H groups in total. The third kappa shape index (κ3) is 5.09. The molecule has 0 fully saturated rings. The van der Waals surface area contributed by atoms with E-state index in [0.717, 1.165) is 17.1 Å². The number of carbonyl (C=O) groups is 1. The summed E-state index contributed by atoms with van der Waals surface area (Å²) in [7, 11) is 0. The number of amides is 1. The highest BCUT2D eigenvalue weighted by atomic mass is 32.1. The summed E-state index contributed by atoms with van der Waals surface area (Å²) in [6.45, 7) is 5.82. The second kappa shape index (κ2) is 9.34. The molecule has 3 rings (SSSR count). The maximum Gasteiger partial charge on any atom is 0.257 e. The molecule has 6 nitrogen and oxygen atoms in total. The monoisotopic (exact) mass is 395 g/mol. The van der Waals surface area contributed by atoms with E-state index in [1.807, 2.05) is 42.6 Å². The van der Waals surface area contributed by atoms with Crippen LogP contribution in [-0.4, -0.2) is 24.0 Å². The highest BCUT2D eigenvalue weighted by Gasteiger charge is 2.12. The Morgan fingerprint density at radius 1 is 1.11 bits per heavy atom. The van der Waals surface area contributed by atoms with Crippen LogP contribution in [0.5, 0.6) is 0 Å². The number of anilines is 3. The van der Waals surface area contributed by atoms with Crippen LogP contribution < -0.4 is 21.7 Å². The number of nitrogens with zero attached hydrogens (tertiary/aromatic N) is 1. The van der Waals surface area contributed by atoms with Crippen molar-refractivity contribution in [3.8, 4) is 0 Å². The summed E-state index contributed by atoms with van der Waals surface area (Å²) in [4.78, 5) is 16.8.